The number of nitrogens with zero attached hydrogens (tertiary/aromatic N) is 3. The molecule has 3 aliphatic carbocycles. The molecule has 3 heterocycles. The molecular formula is C84H96BN3S. The molecule has 0 saturated heterocycles. The van der Waals surface area contributed by atoms with Crippen molar-refractivity contribution in [2.24, 2.45) is 0 Å². The van der Waals surface area contributed by atoms with Gasteiger partial charge in [0.1, 0.15) is 0 Å². The summed E-state index contributed by atoms with van der Waals surface area (Å²) in [6, 6.07) is 59.0. The van der Waals surface area contributed by atoms with E-state index >= 15 is 0 Å². The molecule has 0 amide bonds. The Morgan fingerprint density at radius 3 is 1.54 bits per heavy atom. The molecule has 89 heavy (non-hydrogen) atoms. The van der Waals surface area contributed by atoms with Crippen molar-refractivity contribution in [3.8, 4) is 11.1 Å². The van der Waals surface area contributed by atoms with Crippen LogP contribution < -0.4 is 30.4 Å². The summed E-state index contributed by atoms with van der Waals surface area (Å²) >= 11 is 2.06. The zero-order valence-electron chi connectivity index (χ0n) is 57.4. The van der Waals surface area contributed by atoms with E-state index in [2.05, 4.69) is 310 Å². The summed E-state index contributed by atoms with van der Waals surface area (Å²) in [5.41, 5.74) is 30.7. The number of fused-ring (bicyclic) bond motifs is 9. The van der Waals surface area contributed by atoms with E-state index in [9.17, 15) is 0 Å². The molecule has 5 heteroatoms. The molecule has 5 aliphatic rings. The van der Waals surface area contributed by atoms with Crippen molar-refractivity contribution < 1.29 is 0 Å². The molecule has 0 atom stereocenters. The average Bonchev–Trinajstić information content (AvgIpc) is 1.67. The van der Waals surface area contributed by atoms with Gasteiger partial charge in [-0.15, -0.1) is 11.3 Å². The first-order valence-electron chi connectivity index (χ1n) is 33.6. The van der Waals surface area contributed by atoms with E-state index < -0.39 is 0 Å². The second kappa shape index (κ2) is 19.8. The molecule has 0 fully saturated rings. The second-order valence-corrected chi connectivity index (χ2v) is 35.1. The van der Waals surface area contributed by atoms with Gasteiger partial charge in [0.15, 0.2) is 0 Å². The van der Waals surface area contributed by atoms with E-state index in [0.29, 0.717) is 0 Å². The van der Waals surface area contributed by atoms with Crippen LogP contribution in [0.3, 0.4) is 0 Å². The van der Waals surface area contributed by atoms with Gasteiger partial charge in [-0.3, -0.25) is 0 Å². The lowest BCUT2D eigenvalue weighted by molar-refractivity contribution is 0.332. The van der Waals surface area contributed by atoms with E-state index in [1.54, 1.807) is 0 Å². The summed E-state index contributed by atoms with van der Waals surface area (Å²) < 4.78 is 2.82. The van der Waals surface area contributed by atoms with Crippen molar-refractivity contribution in [3.05, 3.63) is 201 Å². The standard InChI is InChI=1S/C84H96BN3S/c1-51-42-71-74-72(43-51)88(69-49-65-63(81(13,14)38-40-83(65,17)18)47-59(69)53-24-22-21-23-25-53)70-46-58(86(56-29-26-54(27-30-56)77(3,4)5)68-35-28-55(44-52(68)2)78(6,7)8)32-34-67(70)85(74)76-75(60-48-64-66(50-73(60)89-76)84(19,20)41-39-82(64,15)16)87(71)57-31-33-61-62(45-57)80(11,12)37-36-79(61,9)10/h21-35,42-50H,36-41H2,1-20H3. The van der Waals surface area contributed by atoms with Gasteiger partial charge in [-0.2, -0.15) is 0 Å². The first kappa shape index (κ1) is 59.8. The second-order valence-electron chi connectivity index (χ2n) is 34.0. The molecule has 1 aromatic heterocycles. The fourth-order valence-corrected chi connectivity index (χ4v) is 17.9. The van der Waals surface area contributed by atoms with Crippen LogP contribution in [0.1, 0.15) is 219 Å². The number of rotatable bonds is 6. The summed E-state index contributed by atoms with van der Waals surface area (Å²) in [5.74, 6) is 0. The van der Waals surface area contributed by atoms with Crippen molar-refractivity contribution in [2.45, 2.75) is 220 Å². The van der Waals surface area contributed by atoms with Crippen LogP contribution in [0.4, 0.5) is 51.2 Å². The number of anilines is 9. The van der Waals surface area contributed by atoms with E-state index in [0.717, 1.165) is 30.6 Å². The van der Waals surface area contributed by atoms with Crippen molar-refractivity contribution in [3.63, 3.8) is 0 Å². The van der Waals surface area contributed by atoms with Gasteiger partial charge in [-0.25, -0.2) is 0 Å². The third kappa shape index (κ3) is 9.52. The highest BCUT2D eigenvalue weighted by Gasteiger charge is 2.49. The quantitative estimate of drug-likeness (QED) is 0.154. The molecule has 456 valence electrons. The fourth-order valence-electron chi connectivity index (χ4n) is 16.6. The summed E-state index contributed by atoms with van der Waals surface area (Å²) in [4.78, 5) is 8.08. The highest BCUT2D eigenvalue weighted by atomic mass is 32.1. The van der Waals surface area contributed by atoms with Crippen LogP contribution in [-0.4, -0.2) is 6.71 Å². The molecular weight excluding hydrogens is 1090 g/mol. The molecule has 0 saturated carbocycles. The van der Waals surface area contributed by atoms with Crippen molar-refractivity contribution in [1.82, 2.24) is 0 Å². The van der Waals surface area contributed by atoms with Crippen molar-refractivity contribution in [2.75, 3.05) is 14.7 Å². The molecule has 14 rings (SSSR count). The Morgan fingerprint density at radius 1 is 0.438 bits per heavy atom. The molecule has 0 radical (unpaired) electrons. The van der Waals surface area contributed by atoms with Gasteiger partial charge < -0.3 is 14.7 Å². The van der Waals surface area contributed by atoms with Crippen LogP contribution in [0.5, 0.6) is 0 Å². The number of benzene rings is 8. The van der Waals surface area contributed by atoms with Gasteiger partial charge in [0.25, 0.3) is 6.71 Å². The number of hydrogen-bond acceptors (Lipinski definition) is 4. The van der Waals surface area contributed by atoms with Crippen LogP contribution in [0.2, 0.25) is 0 Å². The molecule has 9 aromatic rings. The summed E-state index contributed by atoms with van der Waals surface area (Å²) in [5, 5.41) is 1.38. The largest absolute Gasteiger partial charge is 0.311 e. The summed E-state index contributed by atoms with van der Waals surface area (Å²) in [6.07, 6.45) is 6.98. The fraction of sp³-hybridized carbons (Fsp3) is 0.405. The molecule has 0 N–H and O–H groups in total. The van der Waals surface area contributed by atoms with Crippen LogP contribution in [0.25, 0.3) is 21.2 Å². The predicted octanol–water partition coefficient (Wildman–Crippen LogP) is 22.4. The summed E-state index contributed by atoms with van der Waals surface area (Å²) in [7, 11) is 0. The average molecular weight is 1190 g/mol. The maximum atomic E-state index is 2.77. The van der Waals surface area contributed by atoms with Gasteiger partial charge in [-0.05, 0) is 247 Å². The maximum Gasteiger partial charge on any atom is 0.264 e. The minimum Gasteiger partial charge on any atom is -0.311 e. The molecule has 0 bridgehead atoms. The van der Waals surface area contributed by atoms with Gasteiger partial charge in [0.05, 0.1) is 11.4 Å². The SMILES string of the molecule is Cc1cc2c3c(c1)N(c1ccc4c(c1)C(C)(C)CCC4(C)C)c1c(sc4cc5c(cc14)C(C)(C)CCC5(C)C)B3c1ccc(N(c3ccc(C(C)(C)C)cc3)c3ccc(C(C)(C)C)cc3C)cc1N2c1cc2c(cc1-c1ccccc1)C(C)(C)CCC2(C)C. The Kier molecular flexibility index (Phi) is 13.3. The van der Waals surface area contributed by atoms with Gasteiger partial charge in [0, 0.05) is 60.2 Å². The Balaban J connectivity index is 1.12. The highest BCUT2D eigenvalue weighted by Crippen LogP contribution is 2.57. The van der Waals surface area contributed by atoms with Gasteiger partial charge in [0.2, 0.25) is 0 Å². The zero-order valence-corrected chi connectivity index (χ0v) is 58.2. The topological polar surface area (TPSA) is 9.72 Å². The monoisotopic (exact) mass is 1190 g/mol. The smallest absolute Gasteiger partial charge is 0.264 e. The number of hydrogen-bond donors (Lipinski definition) is 0. The lowest BCUT2D eigenvalue weighted by Crippen LogP contribution is -2.60. The van der Waals surface area contributed by atoms with Gasteiger partial charge >= 0.3 is 0 Å². The minimum atomic E-state index is -0.0453. The van der Waals surface area contributed by atoms with E-state index in [1.807, 2.05) is 0 Å². The minimum absolute atomic E-state index is 0.00840. The Morgan fingerprint density at radius 2 is 0.955 bits per heavy atom. The Labute approximate surface area is 539 Å². The molecule has 0 unspecified atom stereocenters. The highest BCUT2D eigenvalue weighted by molar-refractivity contribution is 7.33. The number of aryl methyl sites for hydroxylation is 2. The molecule has 0 spiro atoms. The lowest BCUT2D eigenvalue weighted by Gasteiger charge is -2.46. The summed E-state index contributed by atoms with van der Waals surface area (Å²) in [6.45, 7) is 48.4. The number of thiophene rings is 1. The Bertz CT molecular complexity index is 4380. The molecule has 3 nitrogen and oxygen atoms in total. The zero-order chi connectivity index (χ0) is 63.2. The molecule has 8 aromatic carbocycles. The normalized spacial score (nSPS) is 18.8. The van der Waals surface area contributed by atoms with Crippen LogP contribution in [0.15, 0.2) is 146 Å². The third-order valence-electron chi connectivity index (χ3n) is 22.7. The van der Waals surface area contributed by atoms with Crippen LogP contribution in [0, 0.1) is 13.8 Å². The van der Waals surface area contributed by atoms with E-state index in [1.165, 1.54) is 152 Å². The van der Waals surface area contributed by atoms with Crippen LogP contribution >= 0.6 is 11.3 Å². The maximum absolute atomic E-state index is 2.77. The van der Waals surface area contributed by atoms with E-state index in [-0.39, 0.29) is 50.0 Å². The molecule has 2 aliphatic heterocycles. The van der Waals surface area contributed by atoms with Crippen LogP contribution in [-0.2, 0) is 43.3 Å². The van der Waals surface area contributed by atoms with Gasteiger partial charge in [-0.1, -0.05) is 191 Å². The van der Waals surface area contributed by atoms with Crippen molar-refractivity contribution in [1.29, 1.82) is 0 Å². The first-order chi connectivity index (χ1) is 41.6. The Hall–Kier alpha value is -6.82. The van der Waals surface area contributed by atoms with Crippen molar-refractivity contribution >= 4 is 95.0 Å². The third-order valence-corrected chi connectivity index (χ3v) is 23.9. The lowest BCUT2D eigenvalue weighted by atomic mass is 9.36. The first-order valence-corrected chi connectivity index (χ1v) is 34.4. The predicted molar refractivity (Wildman–Crippen MR) is 389 cm³/mol. The van der Waals surface area contributed by atoms with E-state index in [4.69, 9.17) is 0 Å².